The van der Waals surface area contributed by atoms with Gasteiger partial charge in [-0.2, -0.15) is 47.4 Å². The van der Waals surface area contributed by atoms with Crippen LogP contribution in [0.1, 0.15) is 33.8 Å². The predicted molar refractivity (Wildman–Crippen MR) is 428 cm³/mol. The van der Waals surface area contributed by atoms with Crippen molar-refractivity contribution < 1.29 is 75.7 Å². The van der Waals surface area contributed by atoms with E-state index in [2.05, 4.69) is 106 Å². The molecule has 598 valence electrons. The van der Waals surface area contributed by atoms with Crippen LogP contribution in [0.4, 0.5) is 43.4 Å². The number of piperazine rings is 3. The van der Waals surface area contributed by atoms with E-state index in [9.17, 15) is 57.6 Å². The lowest BCUT2D eigenvalue weighted by Crippen LogP contribution is -2.49. The molecule has 0 saturated carbocycles. The van der Waals surface area contributed by atoms with Gasteiger partial charge in [0.25, 0.3) is 20.2 Å². The fraction of sp³-hybridized carbons (Fsp3) is 0.515. The maximum absolute atomic E-state index is 13.2. The Hall–Kier alpha value is -4.64. The summed E-state index contributed by atoms with van der Waals surface area (Å²) < 4.78 is 133. The van der Waals surface area contributed by atoms with Crippen molar-refractivity contribution >= 4 is 182 Å². The summed E-state index contributed by atoms with van der Waals surface area (Å²) in [4.78, 5) is 73.0. The number of hydrogen-bond acceptors (Lipinski definition) is 29. The number of anilines is 3. The number of rotatable bonds is 25. The number of benzene rings is 2. The number of nitrogens with zero attached hydrogens (tertiary/aromatic N) is 10. The van der Waals surface area contributed by atoms with Gasteiger partial charge in [0.15, 0.2) is 11.2 Å². The Morgan fingerprint density at radius 2 is 0.991 bits per heavy atom. The molecule has 3 aliphatic rings. The standard InChI is InChI=1S/C24H28F3N5O2S3.C17H28N4O4S3.C16H26N4O2S2.C8H4F3NOS.CH3ClO2S/c1-15-13-18(35-2)20(22(28-15)36-3)30-19(33)14-32-9-7-31(8-10-32)11-12-37-23-29-17-6-4-5-16(21(17)34-23)24(25,26)27;1-13-10-14(12-26)16(17(18-13)27-2)19-15(22)11-21-6-4-20(5-7-21)8-9-25-28(3,23)24;1-12-10-13(23-2)15(16(17-12)24-3)18-14(22)11-20-6-4-19(5-7-20)8-9-21;9-8(10,11)4-2-1-3-5-6(4)13-7(14)12-5;1-5(2,3)4/h4-6,13H,7-12,14H2,1-3H3,(H,30,33);10,26H,4-9,11-12H2,1-3H3,(H,19,22);10,21H,4-9,11H2,1-3H3,(H,18,22);1-3H,(H,12,14);1H3. The summed E-state index contributed by atoms with van der Waals surface area (Å²) in [5, 5.41) is 20.8. The van der Waals surface area contributed by atoms with Crippen molar-refractivity contribution in [2.24, 2.45) is 0 Å². The van der Waals surface area contributed by atoms with Crippen molar-refractivity contribution in [3.63, 3.8) is 0 Å². The lowest BCUT2D eigenvalue weighted by molar-refractivity contribution is -0.137. The zero-order valence-electron chi connectivity index (χ0n) is 61.0. The van der Waals surface area contributed by atoms with Gasteiger partial charge in [-0.25, -0.2) is 28.4 Å². The lowest BCUT2D eigenvalue weighted by Gasteiger charge is -2.34. The number of alkyl halides is 6. The number of aliphatic hydroxyl groups excluding tert-OH is 1. The number of carbonyl (C=O) groups excluding carboxylic acids is 3. The number of halogens is 7. The van der Waals surface area contributed by atoms with Gasteiger partial charge in [-0.3, -0.25) is 48.0 Å². The number of hydrogen-bond donors (Lipinski definition) is 6. The predicted octanol–water partition coefficient (Wildman–Crippen LogP) is 11.5. The summed E-state index contributed by atoms with van der Waals surface area (Å²) in [6.45, 7) is 18.9. The molecule has 10 rings (SSSR count). The smallest absolute Gasteiger partial charge is 0.420 e. The van der Waals surface area contributed by atoms with Crippen molar-refractivity contribution in [1.29, 1.82) is 0 Å². The zero-order chi connectivity index (χ0) is 79.7. The molecule has 3 amide bonds. The molecule has 25 nitrogen and oxygen atoms in total. The molecule has 7 aromatic rings. The van der Waals surface area contributed by atoms with E-state index in [4.69, 9.17) is 18.1 Å². The SMILES string of the molecule is CS(=O)(=O)Cl.CSc1cc(C)nc(SC)c1NC(=O)CN1CCN(CCO)CC1.CSc1cc(C)nc(SC)c1NC(=O)CN1CCN(CCSc2nc3cccc(C(F)(F)F)c3o2)CC1.CSc1nc(C)cc(CS)c1NC(=O)CN1CCN(CCOS(C)(=O)=O)CC1.FC(F)(F)c1cccc2[nH]c(=S)oc12. The molecule has 108 heavy (non-hydrogen) atoms. The highest BCUT2D eigenvalue weighted by atomic mass is 35.7. The number of fused-ring (bicyclic) bond motifs is 2. The fourth-order valence-electron chi connectivity index (χ4n) is 11.0. The first-order chi connectivity index (χ1) is 50.9. The number of amides is 3. The minimum Gasteiger partial charge on any atom is -0.431 e. The highest BCUT2D eigenvalue weighted by Crippen LogP contribution is 2.39. The second-order valence-corrected chi connectivity index (χ2v) is 34.8. The highest BCUT2D eigenvalue weighted by Gasteiger charge is 2.36. The van der Waals surface area contributed by atoms with E-state index in [-0.39, 0.29) is 63.2 Å². The summed E-state index contributed by atoms with van der Waals surface area (Å²) in [6.07, 6.45) is 2.92. The van der Waals surface area contributed by atoms with Crippen molar-refractivity contribution in [2.45, 2.75) is 69.0 Å². The van der Waals surface area contributed by atoms with Gasteiger partial charge >= 0.3 is 12.4 Å². The minimum atomic E-state index is -4.48. The molecule has 5 N–H and O–H groups in total. The van der Waals surface area contributed by atoms with E-state index in [0.717, 1.165) is 174 Å². The van der Waals surface area contributed by atoms with Crippen LogP contribution < -0.4 is 16.0 Å². The summed E-state index contributed by atoms with van der Waals surface area (Å²) in [6, 6.07) is 13.5. The van der Waals surface area contributed by atoms with Crippen LogP contribution in [0, 0.1) is 25.6 Å². The Balaban J connectivity index is 0.000000230. The number of aromatic nitrogens is 5. The van der Waals surface area contributed by atoms with E-state index in [1.807, 2.05) is 70.2 Å². The number of nitrogens with one attached hydrogen (secondary N) is 4. The molecule has 3 fully saturated rings. The van der Waals surface area contributed by atoms with Crippen LogP contribution in [0.5, 0.6) is 0 Å². The Bertz CT molecular complexity index is 4330. The third-order valence-electron chi connectivity index (χ3n) is 16.0. The molecule has 3 aliphatic heterocycles. The molecule has 5 aromatic heterocycles. The average Bonchev–Trinajstić information content (AvgIpc) is 1.64. The first-order valence-corrected chi connectivity index (χ1v) is 45.8. The average molecular weight is 1720 g/mol. The van der Waals surface area contributed by atoms with Crippen molar-refractivity contribution in [3.05, 3.63) is 93.2 Å². The van der Waals surface area contributed by atoms with Gasteiger partial charge in [-0.15, -0.1) is 58.8 Å². The minimum absolute atomic E-state index is 0.00172. The first kappa shape index (κ1) is 92.2. The van der Waals surface area contributed by atoms with E-state index < -0.39 is 42.6 Å². The molecule has 8 heterocycles. The third kappa shape index (κ3) is 31.0. The summed E-state index contributed by atoms with van der Waals surface area (Å²) >= 11 is 18.1. The first-order valence-electron chi connectivity index (χ1n) is 33.2. The van der Waals surface area contributed by atoms with Gasteiger partial charge in [-0.1, -0.05) is 23.9 Å². The van der Waals surface area contributed by atoms with Crippen molar-refractivity contribution in [2.75, 3.05) is 197 Å². The highest BCUT2D eigenvalue weighted by molar-refractivity contribution is 8.13. The zero-order valence-corrected chi connectivity index (χ0v) is 70.0. The second kappa shape index (κ2) is 44.1. The number of β-amino-alcohol motifs (C(OH)–C–C–N with tert-alkyl or cyclic N) is 1. The number of thiol groups is 1. The normalized spacial score (nSPS) is 15.2. The van der Waals surface area contributed by atoms with Gasteiger partial charge in [0.2, 0.25) is 26.8 Å². The van der Waals surface area contributed by atoms with Crippen LogP contribution in [0.15, 0.2) is 93.5 Å². The van der Waals surface area contributed by atoms with Crippen LogP contribution in [0.3, 0.4) is 0 Å². The third-order valence-corrected chi connectivity index (χ3v) is 21.5. The molecule has 2 aromatic carbocycles. The van der Waals surface area contributed by atoms with Gasteiger partial charge in [0.05, 0.1) is 67.9 Å². The second-order valence-electron chi connectivity index (χ2n) is 24.3. The Labute approximate surface area is 665 Å². The van der Waals surface area contributed by atoms with Crippen molar-refractivity contribution in [1.82, 2.24) is 54.3 Å². The number of carbonyl (C=O) groups is 3. The number of H-pyrrole nitrogens is 1. The molecule has 42 heteroatoms. The largest absolute Gasteiger partial charge is 0.431 e. The van der Waals surface area contributed by atoms with Gasteiger partial charge < -0.3 is 34.9 Å². The summed E-state index contributed by atoms with van der Waals surface area (Å²) in [5.41, 5.74) is 4.46. The number of para-hydroxylation sites is 2. The van der Waals surface area contributed by atoms with Crippen LogP contribution >= 0.6 is 106 Å². The number of aryl methyl sites for hydroxylation is 3. The number of pyridine rings is 3. The quantitative estimate of drug-likeness (QED) is 0.00774. The lowest BCUT2D eigenvalue weighted by atomic mass is 10.2. The molecule has 3 saturated heterocycles. The number of thioether (sulfide) groups is 6. The van der Waals surface area contributed by atoms with Gasteiger partial charge in [0.1, 0.15) is 31.7 Å². The molecule has 0 aliphatic carbocycles. The summed E-state index contributed by atoms with van der Waals surface area (Å²) in [7, 11) is -2.09. The molecular weight excluding hydrogens is 1630 g/mol. The molecular formula is C66H89ClF6N14O11S10. The number of aliphatic hydroxyl groups is 1. The van der Waals surface area contributed by atoms with Crippen LogP contribution in [-0.4, -0.2) is 275 Å². The Kier molecular flexibility index (Phi) is 37.7. The molecule has 0 radical (unpaired) electrons. The Morgan fingerprint density at radius 1 is 0.593 bits per heavy atom. The van der Waals surface area contributed by atoms with Gasteiger partial charge in [0, 0.05) is 147 Å². The monoisotopic (exact) mass is 1720 g/mol. The maximum atomic E-state index is 13.2. The maximum Gasteiger partial charge on any atom is 0.420 e. The van der Waals surface area contributed by atoms with E-state index in [0.29, 0.717) is 44.2 Å². The molecule has 0 bridgehead atoms. The van der Waals surface area contributed by atoms with Crippen LogP contribution in [0.25, 0.3) is 22.2 Å². The topological polar surface area (TPSA) is 298 Å². The fourth-order valence-corrected chi connectivity index (χ4v) is 15.9. The number of aromatic amines is 1. The van der Waals surface area contributed by atoms with E-state index >= 15 is 0 Å². The van der Waals surface area contributed by atoms with Crippen molar-refractivity contribution in [3.8, 4) is 0 Å². The van der Waals surface area contributed by atoms with Crippen LogP contribution in [-0.2, 0) is 55.8 Å². The van der Waals surface area contributed by atoms with E-state index in [1.165, 1.54) is 59.6 Å². The molecule has 0 spiro atoms. The van der Waals surface area contributed by atoms with Crippen LogP contribution in [0.2, 0.25) is 0 Å². The Morgan fingerprint density at radius 3 is 1.41 bits per heavy atom. The number of oxazole rings is 2. The summed E-state index contributed by atoms with van der Waals surface area (Å²) in [5.74, 6) is 1.04. The van der Waals surface area contributed by atoms with Gasteiger partial charge in [-0.05, 0) is 112 Å². The van der Waals surface area contributed by atoms with E-state index in [1.54, 1.807) is 35.3 Å². The molecule has 0 atom stereocenters. The molecule has 0 unspecified atom stereocenters.